The quantitative estimate of drug-likeness (QED) is 0.752. The van der Waals surface area contributed by atoms with Crippen molar-refractivity contribution in [2.24, 2.45) is 0 Å². The predicted molar refractivity (Wildman–Crippen MR) is 66.8 cm³/mol. The number of benzene rings is 1. The van der Waals surface area contributed by atoms with Gasteiger partial charge in [-0.3, -0.25) is 4.98 Å². The predicted octanol–water partition coefficient (Wildman–Crippen LogP) is 3.31. The largest absolute Gasteiger partial charge is 2.00 e. The molecule has 0 aliphatic carbocycles. The van der Waals surface area contributed by atoms with E-state index >= 15 is 0 Å². The van der Waals surface area contributed by atoms with Gasteiger partial charge in [-0.15, -0.1) is 0 Å². The van der Waals surface area contributed by atoms with Gasteiger partial charge in [0.1, 0.15) is 5.52 Å². The van der Waals surface area contributed by atoms with Gasteiger partial charge in [0.15, 0.2) is 5.75 Å². The summed E-state index contributed by atoms with van der Waals surface area (Å²) in [5.41, 5.74) is 0.601. The van der Waals surface area contributed by atoms with Crippen LogP contribution in [-0.2, 0) is 0 Å². The molecule has 0 unspecified atom stereocenters. The van der Waals surface area contributed by atoms with Crippen molar-refractivity contribution in [1.82, 2.24) is 4.98 Å². The zero-order chi connectivity index (χ0) is 9.42. The van der Waals surface area contributed by atoms with Gasteiger partial charge in [-0.1, -0.05) is 22.0 Å². The Morgan fingerprint density at radius 3 is 2.71 bits per heavy atom. The molecule has 0 bridgehead atoms. The van der Waals surface area contributed by atoms with Gasteiger partial charge in [0.05, 0.1) is 4.47 Å². The molecule has 2 aromatic rings. The molecule has 2 rings (SSSR count). The molecule has 2 nitrogen and oxygen atoms in total. The first-order valence-corrected chi connectivity index (χ1v) is 5.20. The summed E-state index contributed by atoms with van der Waals surface area (Å²) in [7, 11) is 0. The van der Waals surface area contributed by atoms with E-state index in [4.69, 9.17) is 0 Å². The van der Waals surface area contributed by atoms with Crippen LogP contribution < -0.4 is 0 Å². The maximum Gasteiger partial charge on any atom is 2.00 e. The zero-order valence-electron chi connectivity index (χ0n) is 9.17. The van der Waals surface area contributed by atoms with Gasteiger partial charge < -0.3 is 7.96 Å². The standard InChI is InChI=1S/C9H5Br2NO.Mg.2H/c10-6-4-7(11)9(13)8-5(6)2-1-3-12-8;;;/h1-4,13H;;;/q;+2;2*-1. The number of pyridine rings is 1. The number of halogens is 2. The summed E-state index contributed by atoms with van der Waals surface area (Å²) < 4.78 is 1.56. The van der Waals surface area contributed by atoms with Gasteiger partial charge in [0.25, 0.3) is 0 Å². The van der Waals surface area contributed by atoms with Crippen LogP contribution in [0.4, 0.5) is 0 Å². The van der Waals surface area contributed by atoms with Gasteiger partial charge in [-0.05, 0) is 28.1 Å². The first-order valence-electron chi connectivity index (χ1n) is 3.62. The first kappa shape index (κ1) is 12.2. The summed E-state index contributed by atoms with van der Waals surface area (Å²) in [4.78, 5) is 4.09. The van der Waals surface area contributed by atoms with Crippen molar-refractivity contribution < 1.29 is 7.96 Å². The molecule has 0 aliphatic heterocycles. The number of phenols is 1. The van der Waals surface area contributed by atoms with E-state index in [2.05, 4.69) is 36.8 Å². The van der Waals surface area contributed by atoms with Crippen molar-refractivity contribution in [1.29, 1.82) is 0 Å². The van der Waals surface area contributed by atoms with Crippen molar-refractivity contribution >= 4 is 65.8 Å². The number of nitrogens with zero attached hydrogens (tertiary/aromatic N) is 1. The minimum Gasteiger partial charge on any atom is -1.00 e. The van der Waals surface area contributed by atoms with Crippen molar-refractivity contribution in [3.8, 4) is 5.75 Å². The fourth-order valence-electron chi connectivity index (χ4n) is 1.16. The Morgan fingerprint density at radius 1 is 1.29 bits per heavy atom. The van der Waals surface area contributed by atoms with Crippen LogP contribution in [0.1, 0.15) is 2.85 Å². The molecule has 1 heterocycles. The molecule has 0 radical (unpaired) electrons. The molecule has 70 valence electrons. The fourth-order valence-corrected chi connectivity index (χ4v) is 2.43. The molecule has 1 N–H and O–H groups in total. The number of phenolic OH excluding ortho intramolecular Hbond substituents is 1. The topological polar surface area (TPSA) is 33.1 Å². The smallest absolute Gasteiger partial charge is 1.00 e. The minimum absolute atomic E-state index is 0. The normalized spacial score (nSPS) is 9.86. The van der Waals surface area contributed by atoms with Gasteiger partial charge in [-0.25, -0.2) is 0 Å². The fraction of sp³-hybridized carbons (Fsp3) is 0. The van der Waals surface area contributed by atoms with Crippen LogP contribution in [0, 0.1) is 0 Å². The molecule has 0 fully saturated rings. The summed E-state index contributed by atoms with van der Waals surface area (Å²) in [6, 6.07) is 5.54. The summed E-state index contributed by atoms with van der Waals surface area (Å²) in [6.45, 7) is 0. The van der Waals surface area contributed by atoms with Crippen LogP contribution in [0.25, 0.3) is 10.9 Å². The Labute approximate surface area is 117 Å². The number of fused-ring (bicyclic) bond motifs is 1. The summed E-state index contributed by atoms with van der Waals surface area (Å²) >= 11 is 6.65. The maximum atomic E-state index is 9.65. The number of hydrogen-bond donors (Lipinski definition) is 1. The minimum atomic E-state index is 0. The SMILES string of the molecule is Oc1c(Br)cc(Br)c2cccnc12.[H-].[H-].[Mg+2]. The Kier molecular flexibility index (Phi) is 4.18. The van der Waals surface area contributed by atoms with Crippen LogP contribution in [0.15, 0.2) is 33.3 Å². The van der Waals surface area contributed by atoms with Crippen molar-refractivity contribution in [2.45, 2.75) is 0 Å². The monoisotopic (exact) mass is 327 g/mol. The number of aromatic hydroxyl groups is 1. The van der Waals surface area contributed by atoms with Crippen LogP contribution in [0.3, 0.4) is 0 Å². The third-order valence-electron chi connectivity index (χ3n) is 1.77. The molecule has 0 amide bonds. The second kappa shape index (κ2) is 4.79. The zero-order valence-corrected chi connectivity index (χ0v) is 11.8. The number of hydrogen-bond acceptors (Lipinski definition) is 2. The van der Waals surface area contributed by atoms with Crippen LogP contribution in [0.5, 0.6) is 5.75 Å². The van der Waals surface area contributed by atoms with E-state index in [-0.39, 0.29) is 31.7 Å². The molecule has 0 aliphatic rings. The summed E-state index contributed by atoms with van der Waals surface area (Å²) in [6.07, 6.45) is 1.65. The van der Waals surface area contributed by atoms with Crippen molar-refractivity contribution in [2.75, 3.05) is 0 Å². The molecule has 5 heteroatoms. The third kappa shape index (κ3) is 2.05. The Hall–Kier alpha value is 0.156. The van der Waals surface area contributed by atoms with Gasteiger partial charge in [0, 0.05) is 16.1 Å². The average molecular weight is 329 g/mol. The first-order chi connectivity index (χ1) is 6.20. The Balaban J connectivity index is 0. The molecule has 0 spiro atoms. The Morgan fingerprint density at radius 2 is 2.00 bits per heavy atom. The number of aromatic nitrogens is 1. The second-order valence-electron chi connectivity index (χ2n) is 2.59. The molecule has 1 aromatic heterocycles. The number of rotatable bonds is 0. The van der Waals surface area contributed by atoms with Gasteiger partial charge in [-0.2, -0.15) is 0 Å². The van der Waals surface area contributed by atoms with Crippen LogP contribution in [0.2, 0.25) is 0 Å². The van der Waals surface area contributed by atoms with Crippen LogP contribution in [-0.4, -0.2) is 33.1 Å². The van der Waals surface area contributed by atoms with Crippen molar-refractivity contribution in [3.63, 3.8) is 0 Å². The molecule has 0 saturated heterocycles. The Bertz CT molecular complexity index is 484. The molecule has 0 atom stereocenters. The molecular weight excluding hydrogens is 322 g/mol. The van der Waals surface area contributed by atoms with Crippen LogP contribution >= 0.6 is 31.9 Å². The molecule has 0 saturated carbocycles. The average Bonchev–Trinajstić information content (AvgIpc) is 2.15. The summed E-state index contributed by atoms with van der Waals surface area (Å²) in [5.74, 6) is 0.179. The van der Waals surface area contributed by atoms with Gasteiger partial charge in [0.2, 0.25) is 0 Å². The van der Waals surface area contributed by atoms with E-state index in [0.717, 1.165) is 9.86 Å². The van der Waals surface area contributed by atoms with Gasteiger partial charge >= 0.3 is 23.1 Å². The van der Waals surface area contributed by atoms with Crippen molar-refractivity contribution in [3.05, 3.63) is 33.3 Å². The van der Waals surface area contributed by atoms with E-state index in [1.165, 1.54) is 0 Å². The second-order valence-corrected chi connectivity index (χ2v) is 4.30. The molecule has 1 aromatic carbocycles. The van der Waals surface area contributed by atoms with E-state index < -0.39 is 0 Å². The maximum absolute atomic E-state index is 9.65. The molecular formula is C9H7Br2MgNO. The van der Waals surface area contributed by atoms with E-state index in [9.17, 15) is 5.11 Å². The summed E-state index contributed by atoms with van der Waals surface area (Å²) in [5, 5.41) is 10.6. The van der Waals surface area contributed by atoms with E-state index in [0.29, 0.717) is 9.99 Å². The van der Waals surface area contributed by atoms with E-state index in [1.807, 2.05) is 12.1 Å². The van der Waals surface area contributed by atoms with E-state index in [1.54, 1.807) is 12.3 Å². The third-order valence-corrected chi connectivity index (χ3v) is 3.03. The molecule has 14 heavy (non-hydrogen) atoms.